The first kappa shape index (κ1) is 32.0. The average Bonchev–Trinajstić information content (AvgIpc) is 3.12. The van der Waals surface area contributed by atoms with Gasteiger partial charge in [0.25, 0.3) is 5.91 Å². The van der Waals surface area contributed by atoms with Gasteiger partial charge in [-0.05, 0) is 99.2 Å². The topological polar surface area (TPSA) is 107 Å². The third kappa shape index (κ3) is 6.26. The van der Waals surface area contributed by atoms with Crippen LogP contribution >= 0.6 is 11.6 Å². The number of amides is 2. The van der Waals surface area contributed by atoms with E-state index in [0.717, 1.165) is 49.4 Å². The minimum absolute atomic E-state index is 0.0946. The summed E-state index contributed by atoms with van der Waals surface area (Å²) >= 11 is 6.43. The first-order chi connectivity index (χ1) is 21.4. The maximum Gasteiger partial charge on any atom is 0.287 e. The highest BCUT2D eigenvalue weighted by atomic mass is 35.5. The van der Waals surface area contributed by atoms with Crippen LogP contribution in [-0.2, 0) is 40.8 Å². The highest BCUT2D eigenvalue weighted by molar-refractivity contribution is 7.92. The molecular weight excluding hydrogens is 614 g/mol. The predicted molar refractivity (Wildman–Crippen MR) is 174 cm³/mol. The van der Waals surface area contributed by atoms with E-state index in [-0.39, 0.29) is 23.0 Å². The number of hydrogen-bond donors (Lipinski definition) is 1. The van der Waals surface area contributed by atoms with E-state index in [2.05, 4.69) is 26.1 Å². The van der Waals surface area contributed by atoms with Gasteiger partial charge in [0.2, 0.25) is 5.91 Å². The maximum absolute atomic E-state index is 14.5. The molecule has 0 aromatic heterocycles. The number of carbonyl (C=O) groups is 2. The van der Waals surface area contributed by atoms with Gasteiger partial charge in [-0.3, -0.25) is 14.3 Å². The molecular formula is C34H42ClN3O6S. The number of rotatable bonds is 2. The number of methoxy groups -OCH3 is 1. The van der Waals surface area contributed by atoms with Crippen LogP contribution in [0, 0.1) is 11.8 Å². The third-order valence-electron chi connectivity index (χ3n) is 9.83. The minimum atomic E-state index is -3.70. The van der Waals surface area contributed by atoms with Crippen molar-refractivity contribution in [3.05, 3.63) is 64.7 Å². The fourth-order valence-corrected chi connectivity index (χ4v) is 9.09. The van der Waals surface area contributed by atoms with Crippen molar-refractivity contribution >= 4 is 39.0 Å². The van der Waals surface area contributed by atoms with E-state index in [4.69, 9.17) is 25.8 Å². The van der Waals surface area contributed by atoms with Crippen molar-refractivity contribution in [1.29, 1.82) is 0 Å². The summed E-state index contributed by atoms with van der Waals surface area (Å²) in [5, 5.41) is 0.730. The number of ether oxygens (including phenoxy) is 3. The Balaban J connectivity index is 1.51. The highest BCUT2D eigenvalue weighted by Gasteiger charge is 2.44. The van der Waals surface area contributed by atoms with Crippen LogP contribution in [0.5, 0.6) is 5.75 Å². The molecule has 2 amide bonds. The van der Waals surface area contributed by atoms with Gasteiger partial charge in [0.05, 0.1) is 29.9 Å². The van der Waals surface area contributed by atoms with Crippen molar-refractivity contribution in [2.75, 3.05) is 38.3 Å². The first-order valence-corrected chi connectivity index (χ1v) is 17.6. The maximum atomic E-state index is 14.5. The molecule has 0 saturated heterocycles. The summed E-state index contributed by atoms with van der Waals surface area (Å²) in [6.45, 7) is 6.49. The number of halogens is 1. The minimum Gasteiger partial charge on any atom is -0.490 e. The molecule has 0 radical (unpaired) electrons. The molecule has 1 N–H and O–H groups in total. The number of nitrogens with one attached hydrogen (secondary N) is 1. The van der Waals surface area contributed by atoms with Crippen LogP contribution in [0.4, 0.5) is 5.69 Å². The Hall–Kier alpha value is -2.92. The van der Waals surface area contributed by atoms with Gasteiger partial charge in [-0.25, -0.2) is 4.21 Å². The number of carbonyl (C=O) groups excluding carboxylic acids is 2. The van der Waals surface area contributed by atoms with Gasteiger partial charge in [0.15, 0.2) is 9.92 Å². The van der Waals surface area contributed by atoms with E-state index in [9.17, 15) is 13.8 Å². The van der Waals surface area contributed by atoms with Crippen molar-refractivity contribution in [2.45, 2.75) is 74.9 Å². The van der Waals surface area contributed by atoms with Gasteiger partial charge in [-0.2, -0.15) is 0 Å². The van der Waals surface area contributed by atoms with Crippen LogP contribution in [0.2, 0.25) is 5.02 Å². The van der Waals surface area contributed by atoms with Crippen LogP contribution in [0.1, 0.15) is 57.6 Å². The monoisotopic (exact) mass is 655 g/mol. The van der Waals surface area contributed by atoms with Gasteiger partial charge < -0.3 is 19.1 Å². The number of benzene rings is 2. The lowest BCUT2D eigenvalue weighted by molar-refractivity contribution is -0.137. The van der Waals surface area contributed by atoms with Crippen LogP contribution in [0.15, 0.2) is 57.8 Å². The number of aryl methyl sites for hydroxylation is 1. The lowest BCUT2D eigenvalue weighted by atomic mass is 9.68. The summed E-state index contributed by atoms with van der Waals surface area (Å²) in [5.41, 5.74) is 1.61. The van der Waals surface area contributed by atoms with Crippen LogP contribution in [0.25, 0.3) is 0 Å². The number of anilines is 1. The zero-order valence-electron chi connectivity index (χ0n) is 26.3. The molecule has 2 aromatic carbocycles. The Morgan fingerprint density at radius 3 is 2.76 bits per heavy atom. The Morgan fingerprint density at radius 2 is 2.02 bits per heavy atom. The molecule has 45 heavy (non-hydrogen) atoms. The zero-order chi connectivity index (χ0) is 32.0. The predicted octanol–water partition coefficient (Wildman–Crippen LogP) is 5.62. The van der Waals surface area contributed by atoms with Crippen molar-refractivity contribution < 1.29 is 28.0 Å². The van der Waals surface area contributed by atoms with Gasteiger partial charge in [-0.15, -0.1) is 4.36 Å². The van der Waals surface area contributed by atoms with E-state index in [1.165, 1.54) is 18.1 Å². The molecule has 6 rings (SSSR count). The summed E-state index contributed by atoms with van der Waals surface area (Å²) in [6.07, 6.45) is 8.83. The second-order valence-corrected chi connectivity index (χ2v) is 15.6. The van der Waals surface area contributed by atoms with Gasteiger partial charge in [-0.1, -0.05) is 29.8 Å². The van der Waals surface area contributed by atoms with E-state index < -0.39 is 27.3 Å². The van der Waals surface area contributed by atoms with Crippen molar-refractivity contribution in [3.8, 4) is 5.75 Å². The normalized spacial score (nSPS) is 31.7. The SMILES string of the molecule is CO[C@H]1/C=C/COC(C)(C)C(=O)N=[S@](=O)(NC(C)=O)c2ccc3c(c2)N(C[C@@H]2CC[C@H]21)C[C@@]1(CCCc2cc(Cl)ccc21)CO3. The molecule has 1 spiro atoms. The Labute approximate surface area is 270 Å². The van der Waals surface area contributed by atoms with Crippen LogP contribution in [-0.4, -0.2) is 61.1 Å². The summed E-state index contributed by atoms with van der Waals surface area (Å²) < 4.78 is 39.5. The molecule has 11 heteroatoms. The van der Waals surface area contributed by atoms with E-state index in [1.807, 2.05) is 18.2 Å². The lowest BCUT2D eigenvalue weighted by Gasteiger charge is -2.46. The molecule has 1 saturated carbocycles. The molecule has 5 atom stereocenters. The van der Waals surface area contributed by atoms with Crippen molar-refractivity contribution in [2.24, 2.45) is 16.2 Å². The quantitative estimate of drug-likeness (QED) is 0.419. The van der Waals surface area contributed by atoms with Crippen LogP contribution < -0.4 is 14.4 Å². The van der Waals surface area contributed by atoms with Crippen molar-refractivity contribution in [1.82, 2.24) is 4.72 Å². The average molecular weight is 656 g/mol. The lowest BCUT2D eigenvalue weighted by Crippen LogP contribution is -2.49. The summed E-state index contributed by atoms with van der Waals surface area (Å²) in [4.78, 5) is 28.3. The van der Waals surface area contributed by atoms with Gasteiger partial charge >= 0.3 is 0 Å². The third-order valence-corrected chi connectivity index (χ3v) is 11.9. The second kappa shape index (κ2) is 12.4. The molecule has 2 aliphatic carbocycles. The largest absolute Gasteiger partial charge is 0.490 e. The molecule has 2 bridgehead atoms. The molecule has 2 aromatic rings. The second-order valence-electron chi connectivity index (χ2n) is 13.3. The fourth-order valence-electron chi connectivity index (χ4n) is 7.26. The number of fused-ring (bicyclic) bond motifs is 4. The Bertz CT molecular complexity index is 1650. The van der Waals surface area contributed by atoms with Crippen molar-refractivity contribution in [3.63, 3.8) is 0 Å². The van der Waals surface area contributed by atoms with Gasteiger partial charge in [0, 0.05) is 37.6 Å². The zero-order valence-corrected chi connectivity index (χ0v) is 27.9. The molecule has 2 aliphatic heterocycles. The molecule has 2 heterocycles. The molecule has 0 unspecified atom stereocenters. The van der Waals surface area contributed by atoms with Gasteiger partial charge in [0.1, 0.15) is 11.4 Å². The van der Waals surface area contributed by atoms with E-state index in [1.54, 1.807) is 39.2 Å². The molecule has 9 nitrogen and oxygen atoms in total. The molecule has 4 aliphatic rings. The van der Waals surface area contributed by atoms with E-state index >= 15 is 0 Å². The standard InChI is InChI=1S/C34H42ClN3O6S/c1-22(39)36-45(41)26-11-14-31-29(18-26)38(20-34(21-43-31)15-5-7-23-17-25(35)10-13-28(23)34)19-24-9-12-27(24)30(42-4)8-6-16-44-33(2,3)32(40)37-45/h6,8,10-11,13-14,17-18,24,27,30H,5,7,9,12,15-16,19-21H2,1-4H3,(H,36,37,39,40,41)/b8-6+/t24-,27+,30-,34-,45+/m0/s1. The molecule has 242 valence electrons. The number of nitrogens with zero attached hydrogens (tertiary/aromatic N) is 2. The molecule has 1 fully saturated rings. The first-order valence-electron chi connectivity index (χ1n) is 15.7. The Morgan fingerprint density at radius 1 is 1.20 bits per heavy atom. The smallest absolute Gasteiger partial charge is 0.287 e. The summed E-state index contributed by atoms with van der Waals surface area (Å²) in [7, 11) is -1.97. The highest BCUT2D eigenvalue weighted by Crippen LogP contribution is 2.47. The summed E-state index contributed by atoms with van der Waals surface area (Å²) in [6, 6.07) is 11.4. The van der Waals surface area contributed by atoms with Crippen LogP contribution in [0.3, 0.4) is 0 Å². The Kier molecular flexibility index (Phi) is 8.80. The van der Waals surface area contributed by atoms with E-state index in [0.29, 0.717) is 30.7 Å². The summed E-state index contributed by atoms with van der Waals surface area (Å²) in [5.74, 6) is 0.0161. The number of hydrogen-bond acceptors (Lipinski definition) is 7. The fraction of sp³-hybridized carbons (Fsp3) is 0.529.